The Kier molecular flexibility index (Phi) is 11.7. The van der Waals surface area contributed by atoms with E-state index >= 15 is 0 Å². The molecular weight excluding hydrogens is 671 g/mol. The molecule has 0 aliphatic carbocycles. The molecule has 0 N–H and O–H groups in total. The van der Waals surface area contributed by atoms with E-state index in [-0.39, 0.29) is 17.2 Å². The van der Waals surface area contributed by atoms with Crippen molar-refractivity contribution in [3.63, 3.8) is 0 Å². The van der Waals surface area contributed by atoms with Crippen molar-refractivity contribution in [1.82, 2.24) is 0 Å². The minimum atomic E-state index is -2.94. The summed E-state index contributed by atoms with van der Waals surface area (Å²) in [7, 11) is -2.94. The average molecular weight is 724 g/mol. The van der Waals surface area contributed by atoms with Gasteiger partial charge in [0.1, 0.15) is 31.3 Å². The van der Waals surface area contributed by atoms with Crippen molar-refractivity contribution in [3.05, 3.63) is 167 Å². The SMILES string of the molecule is CC(C)=CCc1c(OCc2ccccc2)cc(OCc2ccccc2)c(CO[Si](c2ccccc2)(c2ccccc2)C(C)(C)C)c1C1=NC(C)(C)CO1. The maximum absolute atomic E-state index is 7.64. The summed E-state index contributed by atoms with van der Waals surface area (Å²) in [6.45, 7) is 17.0. The number of allylic oxidation sites excluding steroid dienone is 2. The van der Waals surface area contributed by atoms with Crippen LogP contribution in [0.2, 0.25) is 5.04 Å². The molecule has 0 amide bonds. The Morgan fingerprint density at radius 1 is 0.698 bits per heavy atom. The fourth-order valence-corrected chi connectivity index (χ4v) is 11.5. The van der Waals surface area contributed by atoms with E-state index in [4.69, 9.17) is 23.6 Å². The molecule has 0 spiro atoms. The van der Waals surface area contributed by atoms with Crippen LogP contribution in [0.4, 0.5) is 0 Å². The van der Waals surface area contributed by atoms with Gasteiger partial charge in [-0.3, -0.25) is 0 Å². The third-order valence-corrected chi connectivity index (χ3v) is 14.7. The number of hydrogen-bond donors (Lipinski definition) is 0. The Morgan fingerprint density at radius 2 is 1.17 bits per heavy atom. The average Bonchev–Trinajstić information content (AvgIpc) is 3.52. The molecule has 5 nitrogen and oxygen atoms in total. The van der Waals surface area contributed by atoms with E-state index in [1.165, 1.54) is 15.9 Å². The molecule has 0 radical (unpaired) electrons. The zero-order valence-electron chi connectivity index (χ0n) is 32.3. The maximum atomic E-state index is 7.64. The lowest BCUT2D eigenvalue weighted by Gasteiger charge is -2.43. The molecule has 53 heavy (non-hydrogen) atoms. The van der Waals surface area contributed by atoms with Gasteiger partial charge in [0.05, 0.1) is 17.7 Å². The summed E-state index contributed by atoms with van der Waals surface area (Å²) in [6.07, 6.45) is 2.88. The van der Waals surface area contributed by atoms with Crippen molar-refractivity contribution in [2.75, 3.05) is 6.61 Å². The van der Waals surface area contributed by atoms with Gasteiger partial charge in [0.2, 0.25) is 5.90 Å². The normalized spacial score (nSPS) is 13.9. The molecule has 0 bridgehead atoms. The Balaban J connectivity index is 1.58. The highest BCUT2D eigenvalue weighted by Crippen LogP contribution is 2.42. The third-order valence-electron chi connectivity index (χ3n) is 9.68. The standard InChI is InChI=1S/C47H53NO4Si/c1-35(2)28-29-40-42(49-31-36-20-12-8-13-21-36)30-43(50-32-37-22-14-9-15-23-37)41(44(40)45-48-47(6,7)34-51-45)33-52-53(46(3,4)5,38-24-16-10-17-25-38)39-26-18-11-19-27-39/h8-28,30H,29,31-34H2,1-7H3. The molecule has 0 aromatic heterocycles. The zero-order chi connectivity index (χ0) is 37.5. The highest BCUT2D eigenvalue weighted by Gasteiger charge is 2.50. The summed E-state index contributed by atoms with van der Waals surface area (Å²) in [5.41, 5.74) is 5.80. The predicted octanol–water partition coefficient (Wildman–Crippen LogP) is 9.99. The molecule has 0 saturated carbocycles. The van der Waals surface area contributed by atoms with Gasteiger partial charge in [0.15, 0.2) is 0 Å². The van der Waals surface area contributed by atoms with Crippen LogP contribution in [0.25, 0.3) is 0 Å². The van der Waals surface area contributed by atoms with Crippen molar-refractivity contribution >= 4 is 24.6 Å². The number of rotatable bonds is 14. The quantitative estimate of drug-likeness (QED) is 0.0846. The van der Waals surface area contributed by atoms with Crippen LogP contribution in [0.5, 0.6) is 11.5 Å². The van der Waals surface area contributed by atoms with E-state index in [1.807, 2.05) is 36.4 Å². The fourth-order valence-electron chi connectivity index (χ4n) is 7.01. The molecule has 6 rings (SSSR count). The molecule has 6 heteroatoms. The van der Waals surface area contributed by atoms with E-state index in [2.05, 4.69) is 146 Å². The van der Waals surface area contributed by atoms with Gasteiger partial charge in [-0.05, 0) is 60.7 Å². The number of aliphatic imine (C=N–C) groups is 1. The van der Waals surface area contributed by atoms with Gasteiger partial charge >= 0.3 is 0 Å². The number of nitrogens with zero attached hydrogens (tertiary/aromatic N) is 1. The Bertz CT molecular complexity index is 1970. The summed E-state index contributed by atoms with van der Waals surface area (Å²) >= 11 is 0. The van der Waals surface area contributed by atoms with Crippen LogP contribution < -0.4 is 19.8 Å². The Labute approximate surface area is 317 Å². The molecule has 0 saturated heterocycles. The van der Waals surface area contributed by atoms with Crippen molar-refractivity contribution in [2.45, 2.75) is 85.3 Å². The lowest BCUT2D eigenvalue weighted by Crippen LogP contribution is -2.66. The number of benzene rings is 5. The second kappa shape index (κ2) is 16.4. The van der Waals surface area contributed by atoms with Crippen LogP contribution in [-0.2, 0) is 35.4 Å². The van der Waals surface area contributed by atoms with Gasteiger partial charge in [0, 0.05) is 17.2 Å². The number of ether oxygens (including phenoxy) is 3. The molecule has 1 heterocycles. The zero-order valence-corrected chi connectivity index (χ0v) is 33.3. The van der Waals surface area contributed by atoms with E-state index < -0.39 is 8.32 Å². The van der Waals surface area contributed by atoms with Crippen LogP contribution in [0.3, 0.4) is 0 Å². The summed E-state index contributed by atoms with van der Waals surface area (Å²) in [6, 6.07) is 44.1. The molecule has 1 aliphatic rings. The minimum absolute atomic E-state index is 0.214. The molecule has 0 atom stereocenters. The molecule has 0 unspecified atom stereocenters. The van der Waals surface area contributed by atoms with Gasteiger partial charge in [-0.15, -0.1) is 0 Å². The first kappa shape index (κ1) is 37.8. The van der Waals surface area contributed by atoms with Crippen LogP contribution in [0.15, 0.2) is 144 Å². The lowest BCUT2D eigenvalue weighted by molar-refractivity contribution is 0.256. The molecule has 274 valence electrons. The van der Waals surface area contributed by atoms with E-state index in [0.717, 1.165) is 33.6 Å². The first-order chi connectivity index (χ1) is 25.5. The fraction of sp³-hybridized carbons (Fsp3) is 0.298. The molecule has 1 aliphatic heterocycles. The lowest BCUT2D eigenvalue weighted by atomic mass is 9.95. The van der Waals surface area contributed by atoms with E-state index in [9.17, 15) is 0 Å². The van der Waals surface area contributed by atoms with Crippen molar-refractivity contribution in [1.29, 1.82) is 0 Å². The maximum Gasteiger partial charge on any atom is 0.261 e. The highest BCUT2D eigenvalue weighted by atomic mass is 28.4. The van der Waals surface area contributed by atoms with Gasteiger partial charge < -0.3 is 18.6 Å². The van der Waals surface area contributed by atoms with Gasteiger partial charge in [0.25, 0.3) is 8.32 Å². The first-order valence-electron chi connectivity index (χ1n) is 18.6. The van der Waals surface area contributed by atoms with Gasteiger partial charge in [-0.1, -0.05) is 154 Å². The smallest absolute Gasteiger partial charge is 0.261 e. The van der Waals surface area contributed by atoms with Crippen molar-refractivity contribution in [2.24, 2.45) is 4.99 Å². The first-order valence-corrected chi connectivity index (χ1v) is 20.5. The van der Waals surface area contributed by atoms with Gasteiger partial charge in [-0.2, -0.15) is 0 Å². The third kappa shape index (κ3) is 8.84. The Hall–Kier alpha value is -4.91. The summed E-state index contributed by atoms with van der Waals surface area (Å²) in [5, 5.41) is 2.22. The van der Waals surface area contributed by atoms with E-state index in [1.54, 1.807) is 0 Å². The van der Waals surface area contributed by atoms with Crippen LogP contribution in [-0.4, -0.2) is 26.4 Å². The molecule has 5 aromatic carbocycles. The van der Waals surface area contributed by atoms with Crippen molar-refractivity contribution < 1.29 is 18.6 Å². The summed E-state index contributed by atoms with van der Waals surface area (Å²) in [5.74, 6) is 2.04. The molecule has 0 fully saturated rings. The topological polar surface area (TPSA) is 49.3 Å². The Morgan fingerprint density at radius 3 is 1.60 bits per heavy atom. The van der Waals surface area contributed by atoms with Crippen molar-refractivity contribution in [3.8, 4) is 11.5 Å². The monoisotopic (exact) mass is 723 g/mol. The molecular formula is C47H53NO4Si. The second-order valence-electron chi connectivity index (χ2n) is 15.7. The minimum Gasteiger partial charge on any atom is -0.488 e. The van der Waals surface area contributed by atoms with E-state index in [0.29, 0.717) is 37.9 Å². The number of hydrogen-bond acceptors (Lipinski definition) is 5. The van der Waals surface area contributed by atoms with Crippen LogP contribution in [0, 0.1) is 0 Å². The summed E-state index contributed by atoms with van der Waals surface area (Å²) < 4.78 is 27.7. The largest absolute Gasteiger partial charge is 0.488 e. The van der Waals surface area contributed by atoms with Crippen LogP contribution in [0.1, 0.15) is 76.3 Å². The van der Waals surface area contributed by atoms with Gasteiger partial charge in [-0.25, -0.2) is 4.99 Å². The second-order valence-corrected chi connectivity index (χ2v) is 20.0. The predicted molar refractivity (Wildman–Crippen MR) is 220 cm³/mol. The molecule has 5 aromatic rings. The summed E-state index contributed by atoms with van der Waals surface area (Å²) in [4.78, 5) is 5.19. The highest BCUT2D eigenvalue weighted by molar-refractivity contribution is 6.99. The van der Waals surface area contributed by atoms with Crippen LogP contribution >= 0.6 is 0 Å².